The van der Waals surface area contributed by atoms with Crippen molar-refractivity contribution < 1.29 is 0 Å². The zero-order valence-electron chi connectivity index (χ0n) is 13.9. The first-order valence-electron chi connectivity index (χ1n) is 8.20. The maximum atomic E-state index is 6.59. The third kappa shape index (κ3) is 3.23. The van der Waals surface area contributed by atoms with E-state index in [4.69, 9.17) is 11.6 Å². The molecule has 0 bridgehead atoms. The minimum atomic E-state index is -0.0314. The van der Waals surface area contributed by atoms with Gasteiger partial charge < -0.3 is 10.6 Å². The smallest absolute Gasteiger partial charge is 0.0664 e. The Kier molecular flexibility index (Phi) is 4.36. The molecular weight excluding hydrogens is 304 g/mol. The van der Waals surface area contributed by atoms with Gasteiger partial charge in [0.1, 0.15) is 0 Å². The number of fused-ring (bicyclic) bond motifs is 1. The molecule has 2 N–H and O–H groups in total. The molecule has 1 heterocycles. The lowest BCUT2D eigenvalue weighted by molar-refractivity contribution is 0.607. The Labute approximate surface area is 143 Å². The fraction of sp³-hybridized carbons (Fsp3) is 0.300. The predicted octanol–water partition coefficient (Wildman–Crippen LogP) is 6.47. The van der Waals surface area contributed by atoms with Gasteiger partial charge in [-0.2, -0.15) is 0 Å². The molecule has 23 heavy (non-hydrogen) atoms. The van der Waals surface area contributed by atoms with Gasteiger partial charge >= 0.3 is 0 Å². The number of rotatable bonds is 4. The van der Waals surface area contributed by atoms with E-state index in [-0.39, 0.29) is 5.54 Å². The summed E-state index contributed by atoms with van der Waals surface area (Å²) in [7, 11) is 0. The molecule has 2 nitrogen and oxygen atoms in total. The van der Waals surface area contributed by atoms with Crippen molar-refractivity contribution in [2.24, 2.45) is 0 Å². The lowest BCUT2D eigenvalue weighted by Gasteiger charge is -2.35. The number of hydrogen-bond donors (Lipinski definition) is 2. The molecule has 1 atom stereocenters. The van der Waals surface area contributed by atoms with Gasteiger partial charge in [-0.15, -0.1) is 0 Å². The standard InChI is InChI=1S/C20H23ClN2/c1-4-14-13-20(3,5-2)23-19-17(14)11-16(12-18(19)21)22-15-9-7-6-8-10-15/h6-13,22-23H,4-5H2,1-3H3. The fourth-order valence-corrected chi connectivity index (χ4v) is 3.28. The largest absolute Gasteiger partial charge is 0.375 e. The third-order valence-corrected chi connectivity index (χ3v) is 4.82. The summed E-state index contributed by atoms with van der Waals surface area (Å²) >= 11 is 6.59. The van der Waals surface area contributed by atoms with Gasteiger partial charge in [0, 0.05) is 16.9 Å². The molecule has 0 saturated carbocycles. The number of halogens is 1. The lowest BCUT2D eigenvalue weighted by Crippen LogP contribution is -2.34. The first-order chi connectivity index (χ1) is 11.0. The third-order valence-electron chi connectivity index (χ3n) is 4.52. The molecule has 1 aliphatic heterocycles. The van der Waals surface area contributed by atoms with E-state index in [9.17, 15) is 0 Å². The molecule has 2 aromatic rings. The maximum Gasteiger partial charge on any atom is 0.0664 e. The highest BCUT2D eigenvalue weighted by Crippen LogP contribution is 2.42. The molecule has 3 heteroatoms. The van der Waals surface area contributed by atoms with Crippen molar-refractivity contribution in [3.63, 3.8) is 0 Å². The first kappa shape index (κ1) is 15.9. The summed E-state index contributed by atoms with van der Waals surface area (Å²) in [4.78, 5) is 0. The maximum absolute atomic E-state index is 6.59. The normalized spacial score (nSPS) is 19.6. The lowest BCUT2D eigenvalue weighted by atomic mass is 9.86. The molecule has 0 amide bonds. The van der Waals surface area contributed by atoms with Crippen molar-refractivity contribution in [2.75, 3.05) is 10.6 Å². The van der Waals surface area contributed by atoms with E-state index < -0.39 is 0 Å². The summed E-state index contributed by atoms with van der Waals surface area (Å²) in [6, 6.07) is 14.3. The number of anilines is 3. The van der Waals surface area contributed by atoms with Gasteiger partial charge in [0.2, 0.25) is 0 Å². The highest BCUT2D eigenvalue weighted by molar-refractivity contribution is 6.34. The Morgan fingerprint density at radius 2 is 1.83 bits per heavy atom. The zero-order valence-corrected chi connectivity index (χ0v) is 14.7. The predicted molar refractivity (Wildman–Crippen MR) is 102 cm³/mol. The molecule has 3 rings (SSSR count). The number of allylic oxidation sites excluding steroid dienone is 1. The average Bonchev–Trinajstić information content (AvgIpc) is 2.56. The van der Waals surface area contributed by atoms with Crippen LogP contribution in [0.3, 0.4) is 0 Å². The Morgan fingerprint density at radius 3 is 2.48 bits per heavy atom. The average molecular weight is 327 g/mol. The van der Waals surface area contributed by atoms with E-state index in [1.165, 1.54) is 11.1 Å². The topological polar surface area (TPSA) is 24.1 Å². The summed E-state index contributed by atoms with van der Waals surface area (Å²) in [6.07, 6.45) is 4.36. The van der Waals surface area contributed by atoms with Crippen LogP contribution in [-0.2, 0) is 0 Å². The van der Waals surface area contributed by atoms with Crippen molar-refractivity contribution in [1.29, 1.82) is 0 Å². The van der Waals surface area contributed by atoms with E-state index in [0.717, 1.165) is 34.9 Å². The van der Waals surface area contributed by atoms with E-state index in [0.29, 0.717) is 0 Å². The molecular formula is C20H23ClN2. The summed E-state index contributed by atoms with van der Waals surface area (Å²) in [5.74, 6) is 0. The summed E-state index contributed by atoms with van der Waals surface area (Å²) in [5, 5.41) is 7.81. The van der Waals surface area contributed by atoms with Gasteiger partial charge in [-0.05, 0) is 49.6 Å². The molecule has 0 aromatic heterocycles. The van der Waals surface area contributed by atoms with E-state index >= 15 is 0 Å². The molecule has 2 aromatic carbocycles. The second-order valence-electron chi connectivity index (χ2n) is 6.29. The summed E-state index contributed by atoms with van der Waals surface area (Å²) in [5.41, 5.74) is 5.64. The SMILES string of the molecule is CCC1=CC(C)(CC)Nc2c(Cl)cc(Nc3ccccc3)cc21. The van der Waals surface area contributed by atoms with Crippen LogP contribution in [0.25, 0.3) is 5.57 Å². The van der Waals surface area contributed by atoms with Crippen LogP contribution in [0.5, 0.6) is 0 Å². The Balaban J connectivity index is 2.02. The van der Waals surface area contributed by atoms with Crippen molar-refractivity contribution in [1.82, 2.24) is 0 Å². The molecule has 1 unspecified atom stereocenters. The summed E-state index contributed by atoms with van der Waals surface area (Å²) < 4.78 is 0. The van der Waals surface area contributed by atoms with Crippen LogP contribution in [0.4, 0.5) is 17.1 Å². The van der Waals surface area contributed by atoms with Crippen molar-refractivity contribution in [3.05, 3.63) is 59.1 Å². The van der Waals surface area contributed by atoms with Gasteiger partial charge in [-0.3, -0.25) is 0 Å². The monoisotopic (exact) mass is 326 g/mol. The van der Waals surface area contributed by atoms with Crippen LogP contribution in [0, 0.1) is 0 Å². The highest BCUT2D eigenvalue weighted by atomic mass is 35.5. The Bertz CT molecular complexity index is 737. The van der Waals surface area contributed by atoms with Crippen molar-refractivity contribution in [3.8, 4) is 0 Å². The van der Waals surface area contributed by atoms with Crippen LogP contribution < -0.4 is 10.6 Å². The number of hydrogen-bond acceptors (Lipinski definition) is 2. The van der Waals surface area contributed by atoms with Crippen LogP contribution in [0.1, 0.15) is 39.2 Å². The molecule has 0 spiro atoms. The van der Waals surface area contributed by atoms with Crippen LogP contribution in [0.15, 0.2) is 48.5 Å². The number of para-hydroxylation sites is 1. The second-order valence-corrected chi connectivity index (χ2v) is 6.70. The van der Waals surface area contributed by atoms with Crippen molar-refractivity contribution in [2.45, 2.75) is 39.2 Å². The molecule has 0 saturated heterocycles. The van der Waals surface area contributed by atoms with Crippen LogP contribution in [0.2, 0.25) is 5.02 Å². The number of nitrogens with one attached hydrogen (secondary N) is 2. The second kappa shape index (κ2) is 6.29. The molecule has 1 aliphatic rings. The number of benzene rings is 2. The van der Waals surface area contributed by atoms with E-state index in [1.54, 1.807) is 0 Å². The van der Waals surface area contributed by atoms with E-state index in [1.807, 2.05) is 24.3 Å². The van der Waals surface area contributed by atoms with E-state index in [2.05, 4.69) is 55.7 Å². The van der Waals surface area contributed by atoms with Crippen molar-refractivity contribution >= 4 is 34.2 Å². The van der Waals surface area contributed by atoms with Gasteiger partial charge in [-0.25, -0.2) is 0 Å². The Morgan fingerprint density at radius 1 is 1.09 bits per heavy atom. The molecule has 0 aliphatic carbocycles. The van der Waals surface area contributed by atoms with Gasteiger partial charge in [0.25, 0.3) is 0 Å². The van der Waals surface area contributed by atoms with Crippen LogP contribution >= 0.6 is 11.6 Å². The summed E-state index contributed by atoms with van der Waals surface area (Å²) in [6.45, 7) is 6.61. The quantitative estimate of drug-likeness (QED) is 0.672. The van der Waals surface area contributed by atoms with Gasteiger partial charge in [0.05, 0.1) is 16.2 Å². The highest BCUT2D eigenvalue weighted by Gasteiger charge is 2.28. The molecule has 120 valence electrons. The minimum Gasteiger partial charge on any atom is -0.375 e. The van der Waals surface area contributed by atoms with Gasteiger partial charge in [-0.1, -0.05) is 49.7 Å². The molecule has 0 fully saturated rings. The first-order valence-corrected chi connectivity index (χ1v) is 8.58. The molecule has 0 radical (unpaired) electrons. The van der Waals surface area contributed by atoms with Gasteiger partial charge in [0.15, 0.2) is 0 Å². The Hall–Kier alpha value is -1.93. The fourth-order valence-electron chi connectivity index (χ4n) is 3.01. The minimum absolute atomic E-state index is 0.0314. The zero-order chi connectivity index (χ0) is 16.4. The van der Waals surface area contributed by atoms with Crippen LogP contribution in [-0.4, -0.2) is 5.54 Å².